The molecule has 3 rings (SSSR count). The Labute approximate surface area is 205 Å². The molecule has 2 unspecified atom stereocenters. The number of carbonyl (C=O) groups is 1. The molecule has 0 aliphatic carbocycles. The third-order valence-electron chi connectivity index (χ3n) is 6.77. The predicted molar refractivity (Wildman–Crippen MR) is 109 cm³/mol. The number of carbonyl (C=O) groups excluding carboxylic acids is 1. The Morgan fingerprint density at radius 2 is 1.30 bits per heavy atom. The molecular weight excluding hydrogens is 514 g/mol. The van der Waals surface area contributed by atoms with E-state index in [1.54, 1.807) is 0 Å². The Kier molecular flexibility index (Phi) is 6.52. The number of fused-ring (bicyclic) bond motifs is 3. The Bertz CT molecular complexity index is 1090. The molecule has 2 aliphatic rings. The van der Waals surface area contributed by atoms with Crippen LogP contribution in [0.25, 0.3) is 0 Å². The minimum atomic E-state index is -5.23. The van der Waals surface area contributed by atoms with Crippen LogP contribution >= 0.6 is 0 Å². The second-order valence-electron chi connectivity index (χ2n) is 8.85. The van der Waals surface area contributed by atoms with Crippen molar-refractivity contribution in [1.29, 1.82) is 0 Å². The molecule has 0 spiro atoms. The smallest absolute Gasteiger partial charge is 0.320 e. The minimum absolute atomic E-state index is 0.182. The van der Waals surface area contributed by atoms with Crippen LogP contribution in [-0.2, 0) is 11.2 Å². The summed E-state index contributed by atoms with van der Waals surface area (Å²) in [4.78, 5) is 13.8. The van der Waals surface area contributed by atoms with Gasteiger partial charge in [0.15, 0.2) is 17.1 Å². The average Bonchev–Trinajstić information content (AvgIpc) is 2.76. The van der Waals surface area contributed by atoms with Crippen molar-refractivity contribution in [1.82, 2.24) is 4.90 Å². The molecule has 1 saturated heterocycles. The van der Waals surface area contributed by atoms with Crippen molar-refractivity contribution in [3.8, 4) is 23.0 Å². The maximum absolute atomic E-state index is 13.2. The number of ether oxygens (including phenoxy) is 2. The molecule has 14 N–H and O–H groups in total. The summed E-state index contributed by atoms with van der Waals surface area (Å²) in [5.41, 5.74) is -10.2. The molecule has 0 radical (unpaired) electrons. The Hall–Kier alpha value is -2.43. The van der Waals surface area contributed by atoms with Crippen LogP contribution in [0.5, 0.6) is 23.0 Å². The number of aromatic hydroxyl groups is 2. The topological polar surface area (TPSA) is 322 Å². The third-order valence-corrected chi connectivity index (χ3v) is 6.77. The summed E-state index contributed by atoms with van der Waals surface area (Å²) in [5, 5.41) is 142. The molecule has 0 saturated carbocycles. The number of phenolic OH excluding ortho intramolecular Hbond substituents is 2. The van der Waals surface area contributed by atoms with Crippen molar-refractivity contribution in [3.05, 3.63) is 11.1 Å². The molecule has 18 nitrogen and oxygen atoms in total. The Morgan fingerprint density at radius 1 is 0.838 bits per heavy atom. The monoisotopic (exact) mass is 541 g/mol. The SMILES string of the molecule is COc1c(O)c2c(c(O)c1OC)C1N(CC2)CC(O)(C(O)(O)C(O)(C(O)(O)O)C(O)(O)O)C(=O)C1(O)O. The van der Waals surface area contributed by atoms with Gasteiger partial charge in [-0.3, -0.25) is 9.69 Å². The van der Waals surface area contributed by atoms with E-state index in [-0.39, 0.29) is 17.7 Å². The standard InChI is InChI=1S/C19H27NO17/c1-36-10-8(21)6-3-4-20-5-14(24,17(28,29)16(27,18(30,31)32)19(33,34)35)13(23)15(25,26)12(20)7(6)9(22)11(10)37-2/h12,21-22,24-35H,3-5H2,1-2H3. The van der Waals surface area contributed by atoms with Crippen LogP contribution in [0.3, 0.4) is 0 Å². The Morgan fingerprint density at radius 3 is 1.73 bits per heavy atom. The lowest BCUT2D eigenvalue weighted by atomic mass is 9.67. The number of ketones is 1. The van der Waals surface area contributed by atoms with E-state index < -0.39 is 82.4 Å². The summed E-state index contributed by atoms with van der Waals surface area (Å²) < 4.78 is 9.96. The van der Waals surface area contributed by atoms with E-state index in [0.29, 0.717) is 4.90 Å². The fourth-order valence-electron chi connectivity index (χ4n) is 4.92. The molecule has 2 atom stereocenters. The van der Waals surface area contributed by atoms with Crippen LogP contribution in [0.15, 0.2) is 0 Å². The van der Waals surface area contributed by atoms with E-state index in [1.807, 2.05) is 0 Å². The normalized spacial score (nSPS) is 24.9. The van der Waals surface area contributed by atoms with Crippen LogP contribution in [0, 0.1) is 0 Å². The largest absolute Gasteiger partial charge is 0.504 e. The highest BCUT2D eigenvalue weighted by atomic mass is 16.8. The van der Waals surface area contributed by atoms with Crippen LogP contribution in [0.2, 0.25) is 0 Å². The summed E-state index contributed by atoms with van der Waals surface area (Å²) in [5.74, 6) is -24.1. The first-order chi connectivity index (χ1) is 16.6. The highest BCUT2D eigenvalue weighted by molar-refractivity contribution is 5.96. The zero-order valence-electron chi connectivity index (χ0n) is 19.1. The lowest BCUT2D eigenvalue weighted by Gasteiger charge is -2.58. The van der Waals surface area contributed by atoms with Crippen molar-refractivity contribution >= 4 is 5.78 Å². The van der Waals surface area contributed by atoms with Crippen molar-refractivity contribution in [2.24, 2.45) is 0 Å². The lowest BCUT2D eigenvalue weighted by Crippen LogP contribution is -2.88. The maximum atomic E-state index is 13.2. The number of methoxy groups -OCH3 is 2. The number of benzene rings is 1. The van der Waals surface area contributed by atoms with E-state index in [9.17, 15) is 76.3 Å². The van der Waals surface area contributed by atoms with Gasteiger partial charge < -0.3 is 81.0 Å². The summed E-state index contributed by atoms with van der Waals surface area (Å²) in [6.45, 7) is -2.01. The van der Waals surface area contributed by atoms with Crippen molar-refractivity contribution in [3.63, 3.8) is 0 Å². The van der Waals surface area contributed by atoms with Crippen molar-refractivity contribution < 1.29 is 85.8 Å². The molecule has 1 fully saturated rings. The van der Waals surface area contributed by atoms with Gasteiger partial charge in [0.2, 0.25) is 28.9 Å². The van der Waals surface area contributed by atoms with E-state index in [0.717, 1.165) is 14.2 Å². The lowest BCUT2D eigenvalue weighted by molar-refractivity contribution is -0.553. The Balaban J connectivity index is 2.27. The van der Waals surface area contributed by atoms with Gasteiger partial charge in [-0.15, -0.1) is 0 Å². The molecule has 1 aromatic rings. The van der Waals surface area contributed by atoms with Crippen molar-refractivity contribution in [2.45, 2.75) is 47.2 Å². The zero-order valence-corrected chi connectivity index (χ0v) is 19.1. The molecule has 0 aromatic heterocycles. The average molecular weight is 541 g/mol. The van der Waals surface area contributed by atoms with Gasteiger partial charge in [0.25, 0.3) is 5.60 Å². The van der Waals surface area contributed by atoms with E-state index in [4.69, 9.17) is 9.47 Å². The zero-order chi connectivity index (χ0) is 28.7. The van der Waals surface area contributed by atoms with E-state index in [1.165, 1.54) is 0 Å². The molecule has 37 heavy (non-hydrogen) atoms. The van der Waals surface area contributed by atoms with Gasteiger partial charge >= 0.3 is 11.9 Å². The number of aliphatic hydroxyl groups is 12. The molecule has 0 bridgehead atoms. The molecule has 2 aliphatic heterocycles. The highest BCUT2D eigenvalue weighted by Gasteiger charge is 2.83. The number of nitrogens with zero attached hydrogens (tertiary/aromatic N) is 1. The summed E-state index contributed by atoms with van der Waals surface area (Å²) in [6, 6.07) is -2.12. The first-order valence-corrected chi connectivity index (χ1v) is 10.2. The van der Waals surface area contributed by atoms with Gasteiger partial charge in [-0.25, -0.2) is 0 Å². The predicted octanol–water partition coefficient (Wildman–Crippen LogP) is -7.32. The van der Waals surface area contributed by atoms with Crippen molar-refractivity contribution in [2.75, 3.05) is 27.3 Å². The van der Waals surface area contributed by atoms with Crippen LogP contribution in [0.4, 0.5) is 0 Å². The van der Waals surface area contributed by atoms with Crippen LogP contribution in [0.1, 0.15) is 17.2 Å². The fourth-order valence-corrected chi connectivity index (χ4v) is 4.92. The number of hydrogen-bond acceptors (Lipinski definition) is 18. The van der Waals surface area contributed by atoms with Crippen LogP contribution < -0.4 is 9.47 Å². The molecule has 2 heterocycles. The second kappa shape index (κ2) is 8.28. The number of piperidine rings is 1. The number of hydrogen-bond donors (Lipinski definition) is 14. The molecular formula is C19H27NO17. The molecule has 1 aromatic carbocycles. The fraction of sp³-hybridized carbons (Fsp3) is 0.632. The van der Waals surface area contributed by atoms with Gasteiger partial charge in [-0.1, -0.05) is 0 Å². The summed E-state index contributed by atoms with van der Waals surface area (Å²) in [7, 11) is 2.16. The van der Waals surface area contributed by atoms with Crippen LogP contribution in [-0.4, -0.2) is 144 Å². The van der Waals surface area contributed by atoms with Gasteiger partial charge in [0, 0.05) is 24.2 Å². The molecule has 0 amide bonds. The number of phenols is 2. The first-order valence-electron chi connectivity index (χ1n) is 10.2. The van der Waals surface area contributed by atoms with E-state index in [2.05, 4.69) is 0 Å². The third kappa shape index (κ3) is 3.51. The summed E-state index contributed by atoms with van der Waals surface area (Å²) in [6.07, 6.45) is -0.312. The second-order valence-corrected chi connectivity index (χ2v) is 8.85. The molecule has 210 valence electrons. The maximum Gasteiger partial charge on any atom is 0.320 e. The number of Topliss-reactive ketones (excluding diaryl/α,β-unsaturated/α-hetero) is 1. The van der Waals surface area contributed by atoms with Gasteiger partial charge in [0.05, 0.1) is 14.2 Å². The summed E-state index contributed by atoms with van der Waals surface area (Å²) >= 11 is 0. The number of rotatable bonds is 6. The quantitative estimate of drug-likeness (QED) is 0.117. The van der Waals surface area contributed by atoms with Gasteiger partial charge in [0.1, 0.15) is 6.04 Å². The molecule has 18 heteroatoms. The highest BCUT2D eigenvalue weighted by Crippen LogP contribution is 2.57. The minimum Gasteiger partial charge on any atom is -0.504 e. The first kappa shape index (κ1) is 29.1. The van der Waals surface area contributed by atoms with Gasteiger partial charge in [-0.05, 0) is 6.42 Å². The van der Waals surface area contributed by atoms with Gasteiger partial charge in [-0.2, -0.15) is 0 Å². The van der Waals surface area contributed by atoms with E-state index >= 15 is 0 Å².